The smallest absolute Gasteiger partial charge is 0.216 e. The fourth-order valence-corrected chi connectivity index (χ4v) is 3.26. The summed E-state index contributed by atoms with van der Waals surface area (Å²) in [5.74, 6) is 0.0367. The molecule has 1 aromatic carbocycles. The molecule has 0 saturated carbocycles. The first-order valence-corrected chi connectivity index (χ1v) is 8.05. The second kappa shape index (κ2) is 6.80. The van der Waals surface area contributed by atoms with Crippen LogP contribution in [0.15, 0.2) is 24.3 Å². The number of benzene rings is 1. The van der Waals surface area contributed by atoms with Crippen molar-refractivity contribution in [3.8, 4) is 0 Å². The SMILES string of the molecule is CC(=O)NCC1(c2ccc(Cl)cc2)CCN(C(C)C)CC1. The van der Waals surface area contributed by atoms with Gasteiger partial charge in [0.25, 0.3) is 0 Å². The summed E-state index contributed by atoms with van der Waals surface area (Å²) in [6.45, 7) is 8.90. The standard InChI is InChI=1S/C17H25ClN2O/c1-13(2)20-10-8-17(9-11-20,12-19-14(3)21)15-4-6-16(18)7-5-15/h4-7,13H,8-12H2,1-3H3,(H,19,21). The third kappa shape index (κ3) is 3.98. The summed E-state index contributed by atoms with van der Waals surface area (Å²) in [6, 6.07) is 8.68. The summed E-state index contributed by atoms with van der Waals surface area (Å²) in [7, 11) is 0. The number of carbonyl (C=O) groups is 1. The first-order chi connectivity index (χ1) is 9.93. The minimum Gasteiger partial charge on any atom is -0.355 e. The minimum absolute atomic E-state index is 0.0294. The maximum Gasteiger partial charge on any atom is 0.216 e. The summed E-state index contributed by atoms with van der Waals surface area (Å²) >= 11 is 6.01. The number of piperidine rings is 1. The van der Waals surface area contributed by atoms with Gasteiger partial charge in [0, 0.05) is 29.9 Å². The molecule has 0 spiro atoms. The van der Waals surface area contributed by atoms with E-state index in [1.165, 1.54) is 5.56 Å². The Labute approximate surface area is 132 Å². The summed E-state index contributed by atoms with van der Waals surface area (Å²) in [5, 5.41) is 3.78. The molecule has 116 valence electrons. The van der Waals surface area contributed by atoms with Gasteiger partial charge in [0.1, 0.15) is 0 Å². The van der Waals surface area contributed by atoms with Crippen LogP contribution < -0.4 is 5.32 Å². The highest BCUT2D eigenvalue weighted by molar-refractivity contribution is 6.30. The van der Waals surface area contributed by atoms with Crippen molar-refractivity contribution in [1.29, 1.82) is 0 Å². The predicted octanol–water partition coefficient (Wildman–Crippen LogP) is 3.22. The van der Waals surface area contributed by atoms with Crippen molar-refractivity contribution in [2.45, 2.75) is 45.1 Å². The monoisotopic (exact) mass is 308 g/mol. The van der Waals surface area contributed by atoms with E-state index in [-0.39, 0.29) is 11.3 Å². The zero-order valence-electron chi connectivity index (χ0n) is 13.2. The largest absolute Gasteiger partial charge is 0.355 e. The second-order valence-electron chi connectivity index (χ2n) is 6.33. The first kappa shape index (κ1) is 16.3. The molecular weight excluding hydrogens is 284 g/mol. The van der Waals surface area contributed by atoms with Crippen LogP contribution in [-0.4, -0.2) is 36.5 Å². The van der Waals surface area contributed by atoms with Crippen LogP contribution >= 0.6 is 11.6 Å². The predicted molar refractivity (Wildman–Crippen MR) is 87.8 cm³/mol. The molecule has 1 aliphatic rings. The number of likely N-dealkylation sites (tertiary alicyclic amines) is 1. The van der Waals surface area contributed by atoms with Crippen LogP contribution in [0.2, 0.25) is 5.02 Å². The Morgan fingerprint density at radius 3 is 2.33 bits per heavy atom. The molecule has 1 N–H and O–H groups in total. The van der Waals surface area contributed by atoms with Gasteiger partial charge < -0.3 is 10.2 Å². The number of rotatable bonds is 4. The number of hydrogen-bond acceptors (Lipinski definition) is 2. The average molecular weight is 309 g/mol. The number of halogens is 1. The van der Waals surface area contributed by atoms with Crippen LogP contribution in [-0.2, 0) is 10.2 Å². The maximum atomic E-state index is 11.3. The van der Waals surface area contributed by atoms with Gasteiger partial charge in [-0.15, -0.1) is 0 Å². The van der Waals surface area contributed by atoms with Crippen LogP contribution in [0.25, 0.3) is 0 Å². The molecule has 0 aromatic heterocycles. The topological polar surface area (TPSA) is 32.3 Å². The molecule has 3 nitrogen and oxygen atoms in total. The molecule has 1 saturated heterocycles. The molecular formula is C17H25ClN2O. The molecule has 4 heteroatoms. The lowest BCUT2D eigenvalue weighted by Gasteiger charge is -2.43. The van der Waals surface area contributed by atoms with E-state index in [9.17, 15) is 4.79 Å². The fourth-order valence-electron chi connectivity index (χ4n) is 3.13. The Bertz CT molecular complexity index is 476. The molecule has 0 atom stereocenters. The van der Waals surface area contributed by atoms with Gasteiger partial charge in [0.15, 0.2) is 0 Å². The zero-order chi connectivity index (χ0) is 15.5. The van der Waals surface area contributed by atoms with Gasteiger partial charge in [-0.3, -0.25) is 4.79 Å². The lowest BCUT2D eigenvalue weighted by Crippen LogP contribution is -2.50. The van der Waals surface area contributed by atoms with Crippen molar-refractivity contribution >= 4 is 17.5 Å². The van der Waals surface area contributed by atoms with Gasteiger partial charge in [0.2, 0.25) is 5.91 Å². The lowest BCUT2D eigenvalue weighted by atomic mass is 9.72. The molecule has 21 heavy (non-hydrogen) atoms. The summed E-state index contributed by atoms with van der Waals surface area (Å²) in [6.07, 6.45) is 2.13. The van der Waals surface area contributed by atoms with Crippen molar-refractivity contribution in [3.63, 3.8) is 0 Å². The maximum absolute atomic E-state index is 11.3. The number of amides is 1. The van der Waals surface area contributed by atoms with Crippen LogP contribution in [0.3, 0.4) is 0 Å². The zero-order valence-corrected chi connectivity index (χ0v) is 13.9. The number of nitrogens with zero attached hydrogens (tertiary/aromatic N) is 1. The van der Waals surface area contributed by atoms with Gasteiger partial charge >= 0.3 is 0 Å². The molecule has 1 heterocycles. The Morgan fingerprint density at radius 1 is 1.29 bits per heavy atom. The third-order valence-electron chi connectivity index (χ3n) is 4.62. The van der Waals surface area contributed by atoms with Crippen molar-refractivity contribution in [3.05, 3.63) is 34.9 Å². The summed E-state index contributed by atoms with van der Waals surface area (Å²) in [4.78, 5) is 13.8. The lowest BCUT2D eigenvalue weighted by molar-refractivity contribution is -0.119. The summed E-state index contributed by atoms with van der Waals surface area (Å²) in [5.41, 5.74) is 1.31. The number of hydrogen-bond donors (Lipinski definition) is 1. The Hall–Kier alpha value is -1.06. The molecule has 0 radical (unpaired) electrons. The molecule has 1 aliphatic heterocycles. The Morgan fingerprint density at radius 2 is 1.86 bits per heavy atom. The number of nitrogens with one attached hydrogen (secondary N) is 1. The Balaban J connectivity index is 2.19. The van der Waals surface area contributed by atoms with E-state index in [4.69, 9.17) is 11.6 Å². The van der Waals surface area contributed by atoms with Crippen molar-refractivity contribution in [2.75, 3.05) is 19.6 Å². The highest BCUT2D eigenvalue weighted by Crippen LogP contribution is 2.36. The second-order valence-corrected chi connectivity index (χ2v) is 6.76. The summed E-state index contributed by atoms with van der Waals surface area (Å²) < 4.78 is 0. The third-order valence-corrected chi connectivity index (χ3v) is 4.87. The van der Waals surface area contributed by atoms with Crippen molar-refractivity contribution in [2.24, 2.45) is 0 Å². The van der Waals surface area contributed by atoms with Gasteiger partial charge in [-0.25, -0.2) is 0 Å². The molecule has 0 unspecified atom stereocenters. The molecule has 1 amide bonds. The van der Waals surface area contributed by atoms with E-state index >= 15 is 0 Å². The van der Waals surface area contributed by atoms with Gasteiger partial charge in [0.05, 0.1) is 0 Å². The van der Waals surface area contributed by atoms with Crippen molar-refractivity contribution < 1.29 is 4.79 Å². The molecule has 1 fully saturated rings. The van der Waals surface area contributed by atoms with Crippen LogP contribution in [0.5, 0.6) is 0 Å². The minimum atomic E-state index is 0.0294. The van der Waals surface area contributed by atoms with Gasteiger partial charge in [-0.05, 0) is 57.5 Å². The van der Waals surface area contributed by atoms with E-state index in [0.717, 1.165) is 31.0 Å². The fraction of sp³-hybridized carbons (Fsp3) is 0.588. The molecule has 2 rings (SSSR count). The first-order valence-electron chi connectivity index (χ1n) is 7.67. The van der Waals surface area contributed by atoms with Crippen molar-refractivity contribution in [1.82, 2.24) is 10.2 Å². The van der Waals surface area contributed by atoms with E-state index in [1.807, 2.05) is 12.1 Å². The molecule has 0 aliphatic carbocycles. The van der Waals surface area contributed by atoms with Crippen LogP contribution in [0.4, 0.5) is 0 Å². The van der Waals surface area contributed by atoms with Gasteiger partial charge in [-0.1, -0.05) is 23.7 Å². The van der Waals surface area contributed by atoms with Crippen LogP contribution in [0.1, 0.15) is 39.2 Å². The molecule has 0 bridgehead atoms. The number of carbonyl (C=O) groups excluding carboxylic acids is 1. The van der Waals surface area contributed by atoms with E-state index in [1.54, 1.807) is 6.92 Å². The van der Waals surface area contributed by atoms with Gasteiger partial charge in [-0.2, -0.15) is 0 Å². The molecule has 1 aromatic rings. The van der Waals surface area contributed by atoms with Crippen LogP contribution in [0, 0.1) is 0 Å². The average Bonchev–Trinajstić information content (AvgIpc) is 2.46. The highest BCUT2D eigenvalue weighted by atomic mass is 35.5. The van der Waals surface area contributed by atoms with E-state index in [0.29, 0.717) is 12.6 Å². The highest BCUT2D eigenvalue weighted by Gasteiger charge is 2.36. The Kier molecular flexibility index (Phi) is 5.28. The van der Waals surface area contributed by atoms with E-state index in [2.05, 4.69) is 36.2 Å². The van der Waals surface area contributed by atoms with E-state index < -0.39 is 0 Å². The normalized spacial score (nSPS) is 18.7. The quantitative estimate of drug-likeness (QED) is 0.926.